The van der Waals surface area contributed by atoms with Crippen molar-refractivity contribution < 1.29 is 14.3 Å². The highest BCUT2D eigenvalue weighted by atomic mass is 16.5. The monoisotopic (exact) mass is 281 g/mol. The van der Waals surface area contributed by atoms with Crippen LogP contribution in [0.2, 0.25) is 0 Å². The van der Waals surface area contributed by atoms with Crippen molar-refractivity contribution in [1.29, 1.82) is 0 Å². The van der Waals surface area contributed by atoms with Gasteiger partial charge < -0.3 is 10.1 Å². The van der Waals surface area contributed by atoms with Gasteiger partial charge in [-0.05, 0) is 36.7 Å². The summed E-state index contributed by atoms with van der Waals surface area (Å²) in [5.41, 5.74) is 0.165. The van der Waals surface area contributed by atoms with Crippen molar-refractivity contribution in [2.75, 3.05) is 13.2 Å². The Morgan fingerprint density at radius 2 is 1.85 bits per heavy atom. The number of hydrogen-bond donors (Lipinski definition) is 1. The number of nitrogens with one attached hydrogen (secondary N) is 1. The van der Waals surface area contributed by atoms with Gasteiger partial charge in [-0.2, -0.15) is 0 Å². The molecule has 0 aromatic carbocycles. The van der Waals surface area contributed by atoms with Crippen LogP contribution in [0.5, 0.6) is 0 Å². The highest BCUT2D eigenvalue weighted by Gasteiger charge is 2.33. The molecule has 0 radical (unpaired) electrons. The number of hydrogen-bond acceptors (Lipinski definition) is 3. The molecule has 1 saturated heterocycles. The number of Topliss-reactive ketones (excluding diaryl/α,β-unsaturated/α-hetero) is 1. The van der Waals surface area contributed by atoms with E-state index in [0.29, 0.717) is 17.9 Å². The van der Waals surface area contributed by atoms with Gasteiger partial charge in [0.25, 0.3) is 0 Å². The number of rotatable bonds is 5. The van der Waals surface area contributed by atoms with Gasteiger partial charge in [0.05, 0.1) is 6.04 Å². The summed E-state index contributed by atoms with van der Waals surface area (Å²) in [6.45, 7) is 12.7. The second-order valence-electron chi connectivity index (χ2n) is 6.77. The van der Waals surface area contributed by atoms with Crippen molar-refractivity contribution in [3.8, 4) is 0 Å². The van der Waals surface area contributed by atoms with Crippen molar-refractivity contribution >= 4 is 11.7 Å². The van der Waals surface area contributed by atoms with Crippen LogP contribution in [0.1, 0.15) is 47.0 Å². The predicted octanol–water partition coefficient (Wildman–Crippen LogP) is 2.48. The fraction of sp³-hybridized carbons (Fsp3) is 0.750. The molecule has 4 nitrogen and oxygen atoms in total. The van der Waals surface area contributed by atoms with Crippen molar-refractivity contribution in [3.05, 3.63) is 12.2 Å². The Bertz CT molecular complexity index is 376. The summed E-state index contributed by atoms with van der Waals surface area (Å²) in [6.07, 6.45) is 2.31. The second-order valence-corrected chi connectivity index (χ2v) is 6.77. The SMILES string of the molecule is C=C(C)C(=O)C(NC(=O)CC1CCOCC1)C(C)(C)C. The van der Waals surface area contributed by atoms with Gasteiger partial charge in [-0.3, -0.25) is 9.59 Å². The van der Waals surface area contributed by atoms with E-state index in [1.54, 1.807) is 6.92 Å². The van der Waals surface area contributed by atoms with E-state index in [1.807, 2.05) is 20.8 Å². The van der Waals surface area contributed by atoms with Crippen LogP contribution in [0.25, 0.3) is 0 Å². The van der Waals surface area contributed by atoms with Gasteiger partial charge in [0.2, 0.25) is 5.91 Å². The van der Waals surface area contributed by atoms with E-state index in [1.165, 1.54) is 0 Å². The molecule has 1 fully saturated rings. The van der Waals surface area contributed by atoms with Crippen LogP contribution in [0.3, 0.4) is 0 Å². The summed E-state index contributed by atoms with van der Waals surface area (Å²) >= 11 is 0. The topological polar surface area (TPSA) is 55.4 Å². The normalized spacial score (nSPS) is 18.4. The van der Waals surface area contributed by atoms with Gasteiger partial charge in [0.15, 0.2) is 5.78 Å². The van der Waals surface area contributed by atoms with E-state index in [-0.39, 0.29) is 17.1 Å². The maximum absolute atomic E-state index is 12.2. The van der Waals surface area contributed by atoms with Crippen LogP contribution in [0, 0.1) is 11.3 Å². The number of carbonyl (C=O) groups is 2. The lowest BCUT2D eigenvalue weighted by Gasteiger charge is -2.31. The number of carbonyl (C=O) groups excluding carboxylic acids is 2. The number of amides is 1. The van der Waals surface area contributed by atoms with Gasteiger partial charge >= 0.3 is 0 Å². The van der Waals surface area contributed by atoms with Crippen LogP contribution in [0.4, 0.5) is 0 Å². The predicted molar refractivity (Wildman–Crippen MR) is 79.4 cm³/mol. The van der Waals surface area contributed by atoms with Crippen LogP contribution < -0.4 is 5.32 Å². The van der Waals surface area contributed by atoms with E-state index < -0.39 is 6.04 Å². The van der Waals surface area contributed by atoms with Crippen molar-refractivity contribution in [2.45, 2.75) is 53.0 Å². The van der Waals surface area contributed by atoms with Crippen LogP contribution in [-0.2, 0) is 14.3 Å². The summed E-state index contributed by atoms with van der Waals surface area (Å²) in [7, 11) is 0. The minimum atomic E-state index is -0.507. The lowest BCUT2D eigenvalue weighted by molar-refractivity contribution is -0.129. The molecule has 20 heavy (non-hydrogen) atoms. The Morgan fingerprint density at radius 3 is 2.30 bits per heavy atom. The lowest BCUT2D eigenvalue weighted by Crippen LogP contribution is -2.49. The first-order valence-electron chi connectivity index (χ1n) is 7.28. The van der Waals surface area contributed by atoms with Gasteiger partial charge in [-0.15, -0.1) is 0 Å². The summed E-state index contributed by atoms with van der Waals surface area (Å²) in [6, 6.07) is -0.507. The molecule has 1 atom stereocenters. The largest absolute Gasteiger partial charge is 0.381 e. The first-order chi connectivity index (χ1) is 9.21. The fourth-order valence-electron chi connectivity index (χ4n) is 2.35. The van der Waals surface area contributed by atoms with E-state index in [4.69, 9.17) is 4.74 Å². The first kappa shape index (κ1) is 16.9. The molecule has 0 aromatic rings. The molecule has 0 aliphatic carbocycles. The zero-order valence-electron chi connectivity index (χ0n) is 13.1. The summed E-state index contributed by atoms with van der Waals surface area (Å²) in [4.78, 5) is 24.3. The van der Waals surface area contributed by atoms with Crippen LogP contribution in [-0.4, -0.2) is 30.9 Å². The zero-order chi connectivity index (χ0) is 15.3. The average molecular weight is 281 g/mol. The smallest absolute Gasteiger partial charge is 0.220 e. The van der Waals surface area contributed by atoms with E-state index >= 15 is 0 Å². The molecule has 4 heteroatoms. The molecule has 1 aliphatic rings. The van der Waals surface area contributed by atoms with E-state index in [9.17, 15) is 9.59 Å². The lowest BCUT2D eigenvalue weighted by atomic mass is 9.82. The van der Waals surface area contributed by atoms with Gasteiger partial charge in [-0.1, -0.05) is 27.4 Å². The van der Waals surface area contributed by atoms with E-state index in [0.717, 1.165) is 26.1 Å². The highest BCUT2D eigenvalue weighted by Crippen LogP contribution is 2.23. The zero-order valence-corrected chi connectivity index (χ0v) is 13.1. The minimum Gasteiger partial charge on any atom is -0.381 e. The summed E-state index contributed by atoms with van der Waals surface area (Å²) in [5.74, 6) is 0.230. The molecule has 1 amide bonds. The summed E-state index contributed by atoms with van der Waals surface area (Å²) in [5, 5.41) is 2.90. The van der Waals surface area contributed by atoms with Crippen molar-refractivity contribution in [3.63, 3.8) is 0 Å². The van der Waals surface area contributed by atoms with Gasteiger partial charge in [0, 0.05) is 19.6 Å². The van der Waals surface area contributed by atoms with Crippen LogP contribution >= 0.6 is 0 Å². The average Bonchev–Trinajstić information content (AvgIpc) is 2.35. The molecule has 0 bridgehead atoms. The van der Waals surface area contributed by atoms with Gasteiger partial charge in [-0.25, -0.2) is 0 Å². The Hall–Kier alpha value is -1.16. The Morgan fingerprint density at radius 1 is 1.30 bits per heavy atom. The third-order valence-corrected chi connectivity index (χ3v) is 3.67. The molecule has 1 N–H and O–H groups in total. The molecule has 0 spiro atoms. The molecule has 1 heterocycles. The van der Waals surface area contributed by atoms with Gasteiger partial charge in [0.1, 0.15) is 0 Å². The second kappa shape index (κ2) is 7.02. The van der Waals surface area contributed by atoms with E-state index in [2.05, 4.69) is 11.9 Å². The molecule has 0 saturated carbocycles. The quantitative estimate of drug-likeness (QED) is 0.788. The highest BCUT2D eigenvalue weighted by molar-refractivity contribution is 6.00. The number of ether oxygens (including phenoxy) is 1. The third-order valence-electron chi connectivity index (χ3n) is 3.67. The third kappa shape index (κ3) is 5.08. The molecule has 1 rings (SSSR count). The number of ketones is 1. The molecule has 114 valence electrons. The Labute approximate surface area is 122 Å². The maximum atomic E-state index is 12.2. The molecular weight excluding hydrogens is 254 g/mol. The molecule has 0 aromatic heterocycles. The Kier molecular flexibility index (Phi) is 5.93. The molecular formula is C16H27NO3. The molecule has 1 aliphatic heterocycles. The summed E-state index contributed by atoms with van der Waals surface area (Å²) < 4.78 is 5.29. The first-order valence-corrected chi connectivity index (χ1v) is 7.28. The fourth-order valence-corrected chi connectivity index (χ4v) is 2.35. The molecule has 1 unspecified atom stereocenters. The maximum Gasteiger partial charge on any atom is 0.220 e. The standard InChI is InChI=1S/C16H27NO3/c1-11(2)14(19)15(16(3,4)5)17-13(18)10-12-6-8-20-9-7-12/h12,15H,1,6-10H2,2-5H3,(H,17,18). The Balaban J connectivity index is 2.62. The van der Waals surface area contributed by atoms with Crippen molar-refractivity contribution in [1.82, 2.24) is 5.32 Å². The minimum absolute atomic E-state index is 0.0496. The van der Waals surface area contributed by atoms with Crippen molar-refractivity contribution in [2.24, 2.45) is 11.3 Å². The van der Waals surface area contributed by atoms with Crippen LogP contribution in [0.15, 0.2) is 12.2 Å².